The van der Waals surface area contributed by atoms with Crippen LogP contribution in [0.4, 0.5) is 17.1 Å². The standard InChI is InChI=1S/C18H14ClN5O7/c1-30-12-3-4-14(16(9-12)24(28)29)20-18(25)15-6-7-22(21-15)10-31-17-5-2-11(23(26)27)8-13(17)19/h2-9H,10H2,1H3,(H,20,25). The van der Waals surface area contributed by atoms with Crippen LogP contribution in [0.2, 0.25) is 5.02 Å². The second-order valence-electron chi connectivity index (χ2n) is 5.98. The van der Waals surface area contributed by atoms with Crippen molar-refractivity contribution in [3.8, 4) is 11.5 Å². The summed E-state index contributed by atoms with van der Waals surface area (Å²) in [5, 5.41) is 28.5. The number of anilines is 1. The number of nitrogens with one attached hydrogen (secondary N) is 1. The van der Waals surface area contributed by atoms with Gasteiger partial charge < -0.3 is 14.8 Å². The number of carbonyl (C=O) groups excluding carboxylic acids is 1. The predicted molar refractivity (Wildman–Crippen MR) is 109 cm³/mol. The van der Waals surface area contributed by atoms with Crippen molar-refractivity contribution in [2.45, 2.75) is 6.73 Å². The molecular weight excluding hydrogens is 434 g/mol. The van der Waals surface area contributed by atoms with Crippen molar-refractivity contribution in [2.24, 2.45) is 0 Å². The van der Waals surface area contributed by atoms with Crippen LogP contribution in [0.15, 0.2) is 48.7 Å². The first kappa shape index (κ1) is 21.5. The van der Waals surface area contributed by atoms with E-state index in [-0.39, 0.29) is 46.0 Å². The lowest BCUT2D eigenvalue weighted by Gasteiger charge is -2.08. The number of aromatic nitrogens is 2. The van der Waals surface area contributed by atoms with Crippen molar-refractivity contribution in [1.29, 1.82) is 0 Å². The van der Waals surface area contributed by atoms with Gasteiger partial charge in [0.2, 0.25) is 0 Å². The van der Waals surface area contributed by atoms with Crippen molar-refractivity contribution in [1.82, 2.24) is 9.78 Å². The van der Waals surface area contributed by atoms with Gasteiger partial charge in [0.05, 0.1) is 28.0 Å². The molecule has 0 fully saturated rings. The molecule has 31 heavy (non-hydrogen) atoms. The molecule has 0 unspecified atom stereocenters. The summed E-state index contributed by atoms with van der Waals surface area (Å²) in [5.74, 6) is -0.195. The maximum Gasteiger partial charge on any atom is 0.296 e. The normalized spacial score (nSPS) is 10.4. The fourth-order valence-electron chi connectivity index (χ4n) is 2.49. The van der Waals surface area contributed by atoms with E-state index >= 15 is 0 Å². The van der Waals surface area contributed by atoms with Gasteiger partial charge in [-0.1, -0.05) is 11.6 Å². The summed E-state index contributed by atoms with van der Waals surface area (Å²) in [4.78, 5) is 33.2. The predicted octanol–water partition coefficient (Wildman–Crippen LogP) is 3.65. The molecule has 0 aliphatic rings. The van der Waals surface area contributed by atoms with Crippen LogP contribution in [0.3, 0.4) is 0 Å². The maximum atomic E-state index is 12.4. The molecule has 0 saturated carbocycles. The minimum Gasteiger partial charge on any atom is -0.496 e. The summed E-state index contributed by atoms with van der Waals surface area (Å²) < 4.78 is 11.7. The molecule has 13 heteroatoms. The monoisotopic (exact) mass is 447 g/mol. The topological polar surface area (TPSA) is 152 Å². The number of nitro benzene ring substituents is 2. The smallest absolute Gasteiger partial charge is 0.296 e. The van der Waals surface area contributed by atoms with Crippen LogP contribution in [0, 0.1) is 20.2 Å². The second kappa shape index (κ2) is 9.09. The third-order valence-corrected chi connectivity index (χ3v) is 4.30. The molecule has 0 aliphatic carbocycles. The van der Waals surface area contributed by atoms with Crippen molar-refractivity contribution in [3.63, 3.8) is 0 Å². The van der Waals surface area contributed by atoms with Crippen molar-refractivity contribution < 1.29 is 24.1 Å². The average Bonchev–Trinajstić information content (AvgIpc) is 3.22. The molecular formula is C18H14ClN5O7. The van der Waals surface area contributed by atoms with Crippen LogP contribution < -0.4 is 14.8 Å². The number of carbonyl (C=O) groups is 1. The van der Waals surface area contributed by atoms with Crippen molar-refractivity contribution >= 4 is 34.6 Å². The number of nitro groups is 2. The minimum absolute atomic E-state index is 0.0106. The first-order valence-electron chi connectivity index (χ1n) is 8.52. The summed E-state index contributed by atoms with van der Waals surface area (Å²) in [6, 6.07) is 9.15. The summed E-state index contributed by atoms with van der Waals surface area (Å²) in [6.45, 7) is -0.131. The average molecular weight is 448 g/mol. The Hall–Kier alpha value is -4.19. The quantitative estimate of drug-likeness (QED) is 0.405. The number of halogens is 1. The van der Waals surface area contributed by atoms with Gasteiger partial charge in [-0.25, -0.2) is 4.68 Å². The lowest BCUT2D eigenvalue weighted by molar-refractivity contribution is -0.384. The Kier molecular flexibility index (Phi) is 6.31. The van der Waals surface area contributed by atoms with Gasteiger partial charge in [0.25, 0.3) is 17.3 Å². The zero-order valence-corrected chi connectivity index (χ0v) is 16.6. The SMILES string of the molecule is COc1ccc(NC(=O)c2ccn(COc3ccc([N+](=O)[O-])cc3Cl)n2)c([N+](=O)[O-])c1. The lowest BCUT2D eigenvalue weighted by Crippen LogP contribution is -2.15. The van der Waals surface area contributed by atoms with Gasteiger partial charge in [0.1, 0.15) is 17.2 Å². The second-order valence-corrected chi connectivity index (χ2v) is 6.39. The highest BCUT2D eigenvalue weighted by atomic mass is 35.5. The molecule has 1 amide bonds. The Labute approximate surface area is 179 Å². The van der Waals surface area contributed by atoms with Crippen LogP contribution in [0.1, 0.15) is 10.5 Å². The molecule has 0 atom stereocenters. The number of rotatable bonds is 8. The van der Waals surface area contributed by atoms with E-state index < -0.39 is 15.8 Å². The van der Waals surface area contributed by atoms with Gasteiger partial charge in [-0.3, -0.25) is 25.0 Å². The number of non-ortho nitro benzene ring substituents is 1. The van der Waals surface area contributed by atoms with Gasteiger partial charge in [-0.2, -0.15) is 5.10 Å². The number of amides is 1. The van der Waals surface area contributed by atoms with Crippen LogP contribution in [-0.2, 0) is 6.73 Å². The number of benzene rings is 2. The first-order valence-corrected chi connectivity index (χ1v) is 8.90. The van der Waals surface area contributed by atoms with Crippen LogP contribution in [0.25, 0.3) is 0 Å². The molecule has 12 nitrogen and oxygen atoms in total. The zero-order chi connectivity index (χ0) is 22.5. The van der Waals surface area contributed by atoms with Gasteiger partial charge in [-0.15, -0.1) is 0 Å². The minimum atomic E-state index is -0.666. The van der Waals surface area contributed by atoms with E-state index in [1.165, 1.54) is 54.4 Å². The molecule has 3 rings (SSSR count). The Balaban J connectivity index is 1.68. The van der Waals surface area contributed by atoms with Gasteiger partial charge in [-0.05, 0) is 24.3 Å². The van der Waals surface area contributed by atoms with E-state index in [0.717, 1.165) is 6.07 Å². The number of hydrogen-bond acceptors (Lipinski definition) is 8. The van der Waals surface area contributed by atoms with E-state index in [1.807, 2.05) is 0 Å². The molecule has 1 heterocycles. The third-order valence-electron chi connectivity index (χ3n) is 4.00. The van der Waals surface area contributed by atoms with Gasteiger partial charge in [0.15, 0.2) is 12.4 Å². The summed E-state index contributed by atoms with van der Waals surface area (Å²) >= 11 is 5.96. The molecule has 1 aromatic heterocycles. The van der Waals surface area contributed by atoms with E-state index in [2.05, 4.69) is 10.4 Å². The van der Waals surface area contributed by atoms with Gasteiger partial charge in [0, 0.05) is 18.3 Å². The highest BCUT2D eigenvalue weighted by Crippen LogP contribution is 2.30. The van der Waals surface area contributed by atoms with E-state index in [4.69, 9.17) is 21.1 Å². The number of nitrogens with zero attached hydrogens (tertiary/aromatic N) is 4. The maximum absolute atomic E-state index is 12.4. The highest BCUT2D eigenvalue weighted by molar-refractivity contribution is 6.32. The Bertz CT molecular complexity index is 1160. The summed E-state index contributed by atoms with van der Waals surface area (Å²) in [5.41, 5.74) is -0.533. The fourth-order valence-corrected chi connectivity index (χ4v) is 2.72. The van der Waals surface area contributed by atoms with Gasteiger partial charge >= 0.3 is 0 Å². The number of hydrogen-bond donors (Lipinski definition) is 1. The molecule has 0 radical (unpaired) electrons. The lowest BCUT2D eigenvalue weighted by atomic mass is 10.2. The molecule has 2 aromatic carbocycles. The van der Waals surface area contributed by atoms with Crippen LogP contribution in [-0.4, -0.2) is 32.6 Å². The van der Waals surface area contributed by atoms with Crippen molar-refractivity contribution in [2.75, 3.05) is 12.4 Å². The summed E-state index contributed by atoms with van der Waals surface area (Å²) in [6.07, 6.45) is 1.46. The third kappa shape index (κ3) is 5.05. The molecule has 3 aromatic rings. The van der Waals surface area contributed by atoms with E-state index in [0.29, 0.717) is 0 Å². The van der Waals surface area contributed by atoms with Crippen LogP contribution in [0.5, 0.6) is 11.5 Å². The van der Waals surface area contributed by atoms with Crippen LogP contribution >= 0.6 is 11.6 Å². The van der Waals surface area contributed by atoms with E-state index in [9.17, 15) is 25.0 Å². The summed E-state index contributed by atoms with van der Waals surface area (Å²) in [7, 11) is 1.37. The molecule has 0 aliphatic heterocycles. The van der Waals surface area contributed by atoms with E-state index in [1.54, 1.807) is 0 Å². The molecule has 160 valence electrons. The number of methoxy groups -OCH3 is 1. The largest absolute Gasteiger partial charge is 0.496 e. The molecule has 0 bridgehead atoms. The highest BCUT2D eigenvalue weighted by Gasteiger charge is 2.19. The first-order chi connectivity index (χ1) is 14.8. The Morgan fingerprint density at radius 2 is 1.94 bits per heavy atom. The molecule has 1 N–H and O–H groups in total. The molecule has 0 spiro atoms. The van der Waals surface area contributed by atoms with Crippen molar-refractivity contribution in [3.05, 3.63) is 79.6 Å². The fraction of sp³-hybridized carbons (Fsp3) is 0.111. The Morgan fingerprint density at radius 3 is 2.58 bits per heavy atom. The number of ether oxygens (including phenoxy) is 2. The molecule has 0 saturated heterocycles. The zero-order valence-electron chi connectivity index (χ0n) is 15.9. The Morgan fingerprint density at radius 1 is 1.16 bits per heavy atom.